The number of hydrogen-bond donors (Lipinski definition) is 1. The van der Waals surface area contributed by atoms with E-state index in [0.29, 0.717) is 32.8 Å². The number of aryl methyl sites for hydroxylation is 2. The lowest BCUT2D eigenvalue weighted by atomic mass is 10.0. The first-order valence-electron chi connectivity index (χ1n) is 8.36. The lowest BCUT2D eigenvalue weighted by molar-refractivity contribution is -0.141. The van der Waals surface area contributed by atoms with Crippen LogP contribution in [0.25, 0.3) is 0 Å². The zero-order valence-corrected chi connectivity index (χ0v) is 14.1. The Morgan fingerprint density at radius 3 is 3.00 bits per heavy atom. The Morgan fingerprint density at radius 1 is 1.48 bits per heavy atom. The van der Waals surface area contributed by atoms with E-state index in [9.17, 15) is 9.90 Å². The van der Waals surface area contributed by atoms with Gasteiger partial charge in [0.2, 0.25) is 5.91 Å². The van der Waals surface area contributed by atoms with Crippen molar-refractivity contribution < 1.29 is 19.4 Å². The quantitative estimate of drug-likeness (QED) is 0.834. The molecule has 5 nitrogen and oxygen atoms in total. The van der Waals surface area contributed by atoms with Crippen molar-refractivity contribution in [1.82, 2.24) is 4.90 Å². The first-order valence-corrected chi connectivity index (χ1v) is 8.36. The maximum absolute atomic E-state index is 12.3. The maximum Gasteiger partial charge on any atom is 0.223 e. The van der Waals surface area contributed by atoms with Crippen molar-refractivity contribution in [3.63, 3.8) is 0 Å². The Balaban J connectivity index is 1.82. The molecular weight excluding hydrogens is 294 g/mol. The minimum absolute atomic E-state index is 0.0379. The van der Waals surface area contributed by atoms with Gasteiger partial charge in [0, 0.05) is 13.0 Å². The molecule has 1 N–H and O–H groups in total. The molecule has 1 fully saturated rings. The molecule has 0 radical (unpaired) electrons. The molecule has 1 aromatic rings. The molecule has 1 aliphatic heterocycles. The SMILES string of the molecule is CCOc1ccc(CCCC(=O)N2CCOCC2CO)cc1C. The number of aliphatic hydroxyl groups excluding tert-OH is 1. The molecule has 1 atom stereocenters. The third-order valence-electron chi connectivity index (χ3n) is 4.15. The highest BCUT2D eigenvalue weighted by atomic mass is 16.5. The molecule has 0 spiro atoms. The van der Waals surface area contributed by atoms with Crippen LogP contribution in [0, 0.1) is 6.92 Å². The van der Waals surface area contributed by atoms with Crippen molar-refractivity contribution in [2.24, 2.45) is 0 Å². The van der Waals surface area contributed by atoms with E-state index < -0.39 is 0 Å². The van der Waals surface area contributed by atoms with Crippen LogP contribution in [-0.2, 0) is 16.0 Å². The lowest BCUT2D eigenvalue weighted by Crippen LogP contribution is -2.50. The summed E-state index contributed by atoms with van der Waals surface area (Å²) in [6.07, 6.45) is 2.18. The molecule has 128 valence electrons. The second kappa shape index (κ2) is 8.89. The smallest absolute Gasteiger partial charge is 0.223 e. The van der Waals surface area contributed by atoms with Crippen molar-refractivity contribution in [1.29, 1.82) is 0 Å². The summed E-state index contributed by atoms with van der Waals surface area (Å²) in [6.45, 7) is 6.21. The van der Waals surface area contributed by atoms with E-state index in [0.717, 1.165) is 24.2 Å². The Kier molecular flexibility index (Phi) is 6.86. The molecule has 0 bridgehead atoms. The number of nitrogens with zero attached hydrogens (tertiary/aromatic N) is 1. The second-order valence-corrected chi connectivity index (χ2v) is 5.88. The summed E-state index contributed by atoms with van der Waals surface area (Å²) in [7, 11) is 0. The fourth-order valence-corrected chi connectivity index (χ4v) is 2.91. The zero-order chi connectivity index (χ0) is 16.7. The number of benzene rings is 1. The van der Waals surface area contributed by atoms with Crippen molar-refractivity contribution in [2.45, 2.75) is 39.2 Å². The van der Waals surface area contributed by atoms with Crippen molar-refractivity contribution >= 4 is 5.91 Å². The van der Waals surface area contributed by atoms with E-state index >= 15 is 0 Å². The molecule has 1 unspecified atom stereocenters. The third-order valence-corrected chi connectivity index (χ3v) is 4.15. The van der Waals surface area contributed by atoms with Crippen LogP contribution in [0.2, 0.25) is 0 Å². The van der Waals surface area contributed by atoms with E-state index in [4.69, 9.17) is 9.47 Å². The van der Waals surface area contributed by atoms with E-state index in [1.807, 2.05) is 19.9 Å². The predicted octanol–water partition coefficient (Wildman–Crippen LogP) is 1.94. The molecule has 23 heavy (non-hydrogen) atoms. The minimum Gasteiger partial charge on any atom is -0.494 e. The average molecular weight is 321 g/mol. The van der Waals surface area contributed by atoms with Crippen LogP contribution in [0.15, 0.2) is 18.2 Å². The van der Waals surface area contributed by atoms with Crippen LogP contribution in [0.4, 0.5) is 0 Å². The summed E-state index contributed by atoms with van der Waals surface area (Å²) in [4.78, 5) is 14.1. The zero-order valence-electron chi connectivity index (χ0n) is 14.1. The molecule has 1 aromatic carbocycles. The molecular formula is C18H27NO4. The largest absolute Gasteiger partial charge is 0.494 e. The van der Waals surface area contributed by atoms with E-state index in [1.54, 1.807) is 4.90 Å². The maximum atomic E-state index is 12.3. The van der Waals surface area contributed by atoms with Gasteiger partial charge in [0.1, 0.15) is 5.75 Å². The number of amides is 1. The number of rotatable bonds is 7. The highest BCUT2D eigenvalue weighted by Gasteiger charge is 2.26. The Hall–Kier alpha value is -1.59. The summed E-state index contributed by atoms with van der Waals surface area (Å²) in [5.74, 6) is 1.03. The molecule has 2 rings (SSSR count). The van der Waals surface area contributed by atoms with Gasteiger partial charge in [-0.2, -0.15) is 0 Å². The topological polar surface area (TPSA) is 59.0 Å². The van der Waals surface area contributed by atoms with Crippen molar-refractivity contribution in [3.8, 4) is 5.75 Å². The number of aliphatic hydroxyl groups is 1. The van der Waals surface area contributed by atoms with Gasteiger partial charge in [0.15, 0.2) is 0 Å². The standard InChI is InChI=1S/C18H27NO4/c1-3-23-17-8-7-15(11-14(17)2)5-4-6-18(21)19-9-10-22-13-16(19)12-20/h7-8,11,16,20H,3-6,9-10,12-13H2,1-2H3. The van der Waals surface area contributed by atoms with E-state index in [1.165, 1.54) is 5.56 Å². The van der Waals surface area contributed by atoms with Gasteiger partial charge >= 0.3 is 0 Å². The van der Waals surface area contributed by atoms with Crippen LogP contribution < -0.4 is 4.74 Å². The Labute approximate surface area is 138 Å². The fraction of sp³-hybridized carbons (Fsp3) is 0.611. The van der Waals surface area contributed by atoms with Gasteiger partial charge in [-0.15, -0.1) is 0 Å². The van der Waals surface area contributed by atoms with Gasteiger partial charge in [-0.1, -0.05) is 12.1 Å². The third kappa shape index (κ3) is 4.94. The second-order valence-electron chi connectivity index (χ2n) is 5.88. The van der Waals surface area contributed by atoms with Crippen LogP contribution in [0.1, 0.15) is 30.9 Å². The van der Waals surface area contributed by atoms with Gasteiger partial charge < -0.3 is 19.5 Å². The summed E-state index contributed by atoms with van der Waals surface area (Å²) in [6, 6.07) is 6.00. The number of ether oxygens (including phenoxy) is 2. The molecule has 1 saturated heterocycles. The Morgan fingerprint density at radius 2 is 2.30 bits per heavy atom. The fourth-order valence-electron chi connectivity index (χ4n) is 2.91. The first-order chi connectivity index (χ1) is 11.2. The predicted molar refractivity (Wildman–Crippen MR) is 88.7 cm³/mol. The van der Waals surface area contributed by atoms with Gasteiger partial charge in [0.05, 0.1) is 32.5 Å². The van der Waals surface area contributed by atoms with Crippen LogP contribution in [-0.4, -0.2) is 54.9 Å². The Bertz CT molecular complexity index is 518. The van der Waals surface area contributed by atoms with Gasteiger partial charge in [-0.3, -0.25) is 4.79 Å². The number of carbonyl (C=O) groups is 1. The molecule has 1 amide bonds. The summed E-state index contributed by atoms with van der Waals surface area (Å²) in [5.41, 5.74) is 2.35. The van der Waals surface area contributed by atoms with Gasteiger partial charge in [-0.05, 0) is 43.9 Å². The average Bonchev–Trinajstić information content (AvgIpc) is 2.57. The van der Waals surface area contributed by atoms with Gasteiger partial charge in [-0.25, -0.2) is 0 Å². The molecule has 0 aromatic heterocycles. The van der Waals surface area contributed by atoms with Crippen LogP contribution in [0.5, 0.6) is 5.75 Å². The van der Waals surface area contributed by atoms with E-state index in [2.05, 4.69) is 12.1 Å². The minimum atomic E-state index is -0.191. The summed E-state index contributed by atoms with van der Waals surface area (Å²) in [5, 5.41) is 9.33. The highest BCUT2D eigenvalue weighted by molar-refractivity contribution is 5.76. The molecule has 0 saturated carbocycles. The summed E-state index contributed by atoms with van der Waals surface area (Å²) < 4.78 is 10.8. The van der Waals surface area contributed by atoms with Crippen LogP contribution in [0.3, 0.4) is 0 Å². The molecule has 5 heteroatoms. The van der Waals surface area contributed by atoms with Crippen molar-refractivity contribution in [2.75, 3.05) is 33.0 Å². The van der Waals surface area contributed by atoms with Gasteiger partial charge in [0.25, 0.3) is 0 Å². The monoisotopic (exact) mass is 321 g/mol. The summed E-state index contributed by atoms with van der Waals surface area (Å²) >= 11 is 0. The molecule has 0 aliphatic carbocycles. The lowest BCUT2D eigenvalue weighted by Gasteiger charge is -2.34. The number of morpholine rings is 1. The first kappa shape index (κ1) is 17.8. The molecule has 1 aliphatic rings. The normalized spacial score (nSPS) is 18.0. The highest BCUT2D eigenvalue weighted by Crippen LogP contribution is 2.20. The number of carbonyl (C=O) groups excluding carboxylic acids is 1. The number of hydrogen-bond acceptors (Lipinski definition) is 4. The molecule has 1 heterocycles. The van der Waals surface area contributed by atoms with E-state index in [-0.39, 0.29) is 18.6 Å². The van der Waals surface area contributed by atoms with Crippen LogP contribution >= 0.6 is 0 Å². The van der Waals surface area contributed by atoms with Crippen molar-refractivity contribution in [3.05, 3.63) is 29.3 Å².